The Morgan fingerprint density at radius 3 is 0.986 bits per heavy atom. The van der Waals surface area contributed by atoms with E-state index < -0.39 is 6.10 Å². The fraction of sp³-hybridized carbons (Fsp3) is 0.635. The molecular formula is C63H102O6. The van der Waals surface area contributed by atoms with Crippen molar-refractivity contribution in [2.45, 2.75) is 245 Å². The Labute approximate surface area is 424 Å². The highest BCUT2D eigenvalue weighted by atomic mass is 16.6. The molecule has 6 nitrogen and oxygen atoms in total. The normalized spacial score (nSPS) is 13.0. The Morgan fingerprint density at radius 2 is 0.580 bits per heavy atom. The first kappa shape index (κ1) is 64.8. The lowest BCUT2D eigenvalue weighted by molar-refractivity contribution is -0.167. The van der Waals surface area contributed by atoms with Crippen molar-refractivity contribution >= 4 is 17.9 Å². The molecule has 0 aliphatic heterocycles. The Kier molecular flexibility index (Phi) is 53.0. The maximum Gasteiger partial charge on any atom is 0.306 e. The molecule has 0 fully saturated rings. The number of esters is 3. The number of allylic oxidation sites excluding steroid dienone is 20. The van der Waals surface area contributed by atoms with Crippen molar-refractivity contribution < 1.29 is 28.6 Å². The molecule has 1 atom stereocenters. The van der Waals surface area contributed by atoms with Crippen LogP contribution in [0.2, 0.25) is 0 Å². The van der Waals surface area contributed by atoms with Gasteiger partial charge in [0, 0.05) is 19.3 Å². The molecule has 1 unspecified atom stereocenters. The van der Waals surface area contributed by atoms with Gasteiger partial charge >= 0.3 is 17.9 Å². The highest BCUT2D eigenvalue weighted by Gasteiger charge is 2.19. The van der Waals surface area contributed by atoms with Gasteiger partial charge in [-0.25, -0.2) is 0 Å². The topological polar surface area (TPSA) is 78.9 Å². The average molecular weight is 956 g/mol. The molecule has 0 heterocycles. The van der Waals surface area contributed by atoms with Crippen molar-refractivity contribution in [1.82, 2.24) is 0 Å². The third-order valence-corrected chi connectivity index (χ3v) is 11.4. The maximum atomic E-state index is 12.8. The molecule has 0 aliphatic rings. The fourth-order valence-corrected chi connectivity index (χ4v) is 7.23. The monoisotopic (exact) mass is 955 g/mol. The van der Waals surface area contributed by atoms with Gasteiger partial charge in [-0.1, -0.05) is 219 Å². The molecule has 0 radical (unpaired) electrons. The van der Waals surface area contributed by atoms with Gasteiger partial charge in [0.05, 0.1) is 0 Å². The minimum absolute atomic E-state index is 0.123. The Morgan fingerprint density at radius 1 is 0.304 bits per heavy atom. The SMILES string of the molecule is CC/C=C\C/C=C\C/C=C\C/C=C\C/C=C\CCCC(=O)OCC(COC(=O)CCCCCCCCC/C=C\CCCCCCCC)OC(=O)CCC/C=C\C/C=C\C/C=C\C/C=C\CCCCC. The van der Waals surface area contributed by atoms with Gasteiger partial charge in [0.25, 0.3) is 0 Å². The van der Waals surface area contributed by atoms with Crippen molar-refractivity contribution in [3.8, 4) is 0 Å². The highest BCUT2D eigenvalue weighted by Crippen LogP contribution is 2.13. The summed E-state index contributed by atoms with van der Waals surface area (Å²) in [5, 5.41) is 0. The van der Waals surface area contributed by atoms with Crippen LogP contribution in [0.25, 0.3) is 0 Å². The third kappa shape index (κ3) is 54.6. The molecule has 0 aromatic carbocycles. The van der Waals surface area contributed by atoms with Crippen molar-refractivity contribution in [2.75, 3.05) is 13.2 Å². The molecule has 390 valence electrons. The molecule has 0 amide bonds. The van der Waals surface area contributed by atoms with Gasteiger partial charge in [0.1, 0.15) is 13.2 Å². The second kappa shape index (κ2) is 56.4. The summed E-state index contributed by atoms with van der Waals surface area (Å²) in [6.45, 7) is 6.39. The van der Waals surface area contributed by atoms with Gasteiger partial charge < -0.3 is 14.2 Å². The van der Waals surface area contributed by atoms with Crippen molar-refractivity contribution in [1.29, 1.82) is 0 Å². The van der Waals surface area contributed by atoms with Gasteiger partial charge in [0.15, 0.2) is 6.10 Å². The largest absolute Gasteiger partial charge is 0.462 e. The van der Waals surface area contributed by atoms with E-state index in [-0.39, 0.29) is 44.0 Å². The molecule has 0 saturated carbocycles. The summed E-state index contributed by atoms with van der Waals surface area (Å²) >= 11 is 0. The van der Waals surface area contributed by atoms with E-state index in [0.29, 0.717) is 19.3 Å². The van der Waals surface area contributed by atoms with Crippen LogP contribution in [0.3, 0.4) is 0 Å². The molecule has 0 saturated heterocycles. The molecule has 0 spiro atoms. The van der Waals surface area contributed by atoms with Gasteiger partial charge in [-0.15, -0.1) is 0 Å². The van der Waals surface area contributed by atoms with E-state index in [1.807, 2.05) is 0 Å². The molecule has 0 aliphatic carbocycles. The lowest BCUT2D eigenvalue weighted by atomic mass is 10.1. The number of ether oxygens (including phenoxy) is 3. The van der Waals surface area contributed by atoms with Crippen LogP contribution in [0.1, 0.15) is 239 Å². The van der Waals surface area contributed by atoms with Crippen LogP contribution < -0.4 is 0 Å². The summed E-state index contributed by atoms with van der Waals surface area (Å²) in [5.41, 5.74) is 0. The van der Waals surface area contributed by atoms with Crippen molar-refractivity contribution in [3.63, 3.8) is 0 Å². The van der Waals surface area contributed by atoms with E-state index in [2.05, 4.69) is 142 Å². The molecule has 0 rings (SSSR count). The van der Waals surface area contributed by atoms with Gasteiger partial charge in [0.2, 0.25) is 0 Å². The minimum atomic E-state index is -0.835. The quantitative estimate of drug-likeness (QED) is 0.0262. The highest BCUT2D eigenvalue weighted by molar-refractivity contribution is 5.71. The standard InChI is InChI=1S/C63H102O6/c1-4-7-10-13-16-19-22-25-28-31-34-37-40-43-46-49-52-55-61(64)67-58-60(69-63(66)57-54-51-48-45-42-39-36-33-30-27-24-21-18-15-12-9-6-3)59-68-62(65)56-53-50-47-44-41-38-35-32-29-26-23-20-17-14-11-8-5-2/h7,10,16,18-19,21,25-30,34,36-37,39,43,45-46,48,60H,4-6,8-9,11-15,17,20,22-24,31-33,35,38,40-42,44,47,49-59H2,1-3H3/b10-7-,19-16-,21-18-,28-25-,29-26-,30-27-,37-34-,39-36-,46-43-,48-45-. The molecule has 0 aromatic heterocycles. The molecule has 69 heavy (non-hydrogen) atoms. The molecule has 6 heteroatoms. The van der Waals surface area contributed by atoms with Crippen molar-refractivity contribution in [2.24, 2.45) is 0 Å². The number of rotatable bonds is 49. The van der Waals surface area contributed by atoms with Gasteiger partial charge in [-0.05, 0) is 122 Å². The van der Waals surface area contributed by atoms with E-state index >= 15 is 0 Å². The van der Waals surface area contributed by atoms with Crippen LogP contribution in [0.5, 0.6) is 0 Å². The molecule has 0 N–H and O–H groups in total. The van der Waals surface area contributed by atoms with Gasteiger partial charge in [-0.3, -0.25) is 14.4 Å². The molecule has 0 aromatic rings. The minimum Gasteiger partial charge on any atom is -0.462 e. The second-order valence-corrected chi connectivity index (χ2v) is 18.1. The van der Waals surface area contributed by atoms with Crippen LogP contribution in [0, 0.1) is 0 Å². The average Bonchev–Trinajstić information content (AvgIpc) is 3.35. The Balaban J connectivity index is 4.58. The summed E-state index contributed by atoms with van der Waals surface area (Å²) in [6, 6.07) is 0. The molecular weight excluding hydrogens is 853 g/mol. The summed E-state index contributed by atoms with van der Waals surface area (Å²) in [6.07, 6.45) is 77.7. The van der Waals surface area contributed by atoms with E-state index in [1.54, 1.807) is 0 Å². The predicted molar refractivity (Wildman–Crippen MR) is 297 cm³/mol. The lowest BCUT2D eigenvalue weighted by Crippen LogP contribution is -2.30. The predicted octanol–water partition coefficient (Wildman–Crippen LogP) is 18.9. The van der Waals surface area contributed by atoms with E-state index in [4.69, 9.17) is 14.2 Å². The van der Waals surface area contributed by atoms with E-state index in [0.717, 1.165) is 83.5 Å². The van der Waals surface area contributed by atoms with Crippen LogP contribution in [-0.4, -0.2) is 37.2 Å². The van der Waals surface area contributed by atoms with Crippen LogP contribution in [0.15, 0.2) is 122 Å². The Hall–Kier alpha value is -4.19. The van der Waals surface area contributed by atoms with Crippen LogP contribution in [0.4, 0.5) is 0 Å². The van der Waals surface area contributed by atoms with Crippen LogP contribution >= 0.6 is 0 Å². The number of carbonyl (C=O) groups is 3. The zero-order chi connectivity index (χ0) is 50.0. The van der Waals surface area contributed by atoms with E-state index in [9.17, 15) is 14.4 Å². The second-order valence-electron chi connectivity index (χ2n) is 18.1. The first-order valence-corrected chi connectivity index (χ1v) is 28.0. The van der Waals surface area contributed by atoms with Gasteiger partial charge in [-0.2, -0.15) is 0 Å². The molecule has 0 bridgehead atoms. The van der Waals surface area contributed by atoms with E-state index in [1.165, 1.54) is 103 Å². The fourth-order valence-electron chi connectivity index (χ4n) is 7.23. The summed E-state index contributed by atoms with van der Waals surface area (Å²) < 4.78 is 16.7. The third-order valence-electron chi connectivity index (χ3n) is 11.4. The smallest absolute Gasteiger partial charge is 0.306 e. The van der Waals surface area contributed by atoms with Crippen LogP contribution in [-0.2, 0) is 28.6 Å². The first-order chi connectivity index (χ1) is 34.0. The summed E-state index contributed by atoms with van der Waals surface area (Å²) in [4.78, 5) is 38.1. The maximum absolute atomic E-state index is 12.8. The zero-order valence-electron chi connectivity index (χ0n) is 44.5. The number of carbonyl (C=O) groups excluding carboxylic acids is 3. The van der Waals surface area contributed by atoms with Crippen molar-refractivity contribution in [3.05, 3.63) is 122 Å². The first-order valence-electron chi connectivity index (χ1n) is 28.0. The zero-order valence-corrected chi connectivity index (χ0v) is 44.5. The number of unbranched alkanes of at least 4 members (excludes halogenated alkanes) is 18. The summed E-state index contributed by atoms with van der Waals surface area (Å²) in [5.74, 6) is -1.05. The number of hydrogen-bond acceptors (Lipinski definition) is 6. The summed E-state index contributed by atoms with van der Waals surface area (Å²) in [7, 11) is 0. The lowest BCUT2D eigenvalue weighted by Gasteiger charge is -2.18. The Bertz CT molecular complexity index is 1470. The number of hydrogen-bond donors (Lipinski definition) is 0.